The lowest BCUT2D eigenvalue weighted by molar-refractivity contribution is 1.04. The molecule has 0 radical (unpaired) electrons. The Balaban J connectivity index is 3.13. The molecule has 0 saturated heterocycles. The van der Waals surface area contributed by atoms with Crippen LogP contribution in [0.3, 0.4) is 0 Å². The fourth-order valence-corrected chi connectivity index (χ4v) is 1.65. The molecule has 0 aliphatic rings. The number of aromatic nitrogens is 1. The zero-order chi connectivity index (χ0) is 11.1. The molecule has 0 unspecified atom stereocenters. The number of nitrogens with zero attached hydrogens (tertiary/aromatic N) is 1. The van der Waals surface area contributed by atoms with E-state index in [1.807, 2.05) is 30.6 Å². The molecule has 78 valence electrons. The average Bonchev–Trinajstić information content (AvgIpc) is 2.23. The molecule has 0 bridgehead atoms. The van der Waals surface area contributed by atoms with Crippen LogP contribution in [-0.4, -0.2) is 4.98 Å². The molecule has 1 aromatic heterocycles. The van der Waals surface area contributed by atoms with Crippen LogP contribution in [0.1, 0.15) is 16.7 Å². The first kappa shape index (κ1) is 11.4. The monoisotopic (exact) mass is 199 g/mol. The molecule has 1 heterocycles. The van der Waals surface area contributed by atoms with Crippen molar-refractivity contribution in [3.05, 3.63) is 67.0 Å². The fourth-order valence-electron chi connectivity index (χ4n) is 1.65. The van der Waals surface area contributed by atoms with Gasteiger partial charge in [0.15, 0.2) is 0 Å². The lowest BCUT2D eigenvalue weighted by Gasteiger charge is -2.10. The minimum Gasteiger partial charge on any atom is -0.264 e. The molecule has 15 heavy (non-hydrogen) atoms. The van der Waals surface area contributed by atoms with Crippen LogP contribution in [-0.2, 0) is 19.3 Å². The van der Waals surface area contributed by atoms with Crippen molar-refractivity contribution in [3.8, 4) is 0 Å². The first-order chi connectivity index (χ1) is 7.33. The zero-order valence-electron chi connectivity index (χ0n) is 9.08. The maximum Gasteiger partial charge on any atom is 0.0306 e. The van der Waals surface area contributed by atoms with E-state index in [1.54, 1.807) is 0 Å². The SMILES string of the molecule is C=CCc1cncc(CC=C)c1CC=C. The molecule has 1 nitrogen and oxygen atoms in total. The van der Waals surface area contributed by atoms with Crippen LogP contribution in [0.2, 0.25) is 0 Å². The normalized spacial score (nSPS) is 9.60. The van der Waals surface area contributed by atoms with Gasteiger partial charge in [0.1, 0.15) is 0 Å². The molecule has 1 rings (SSSR count). The minimum absolute atomic E-state index is 0.862. The average molecular weight is 199 g/mol. The molecule has 0 aromatic carbocycles. The minimum atomic E-state index is 0.862. The maximum atomic E-state index is 4.23. The summed E-state index contributed by atoms with van der Waals surface area (Å²) in [6.45, 7) is 11.3. The third-order valence-electron chi connectivity index (χ3n) is 2.31. The van der Waals surface area contributed by atoms with Gasteiger partial charge >= 0.3 is 0 Å². The van der Waals surface area contributed by atoms with Gasteiger partial charge in [-0.05, 0) is 36.0 Å². The van der Waals surface area contributed by atoms with Crippen LogP contribution in [0.4, 0.5) is 0 Å². The predicted molar refractivity (Wildman–Crippen MR) is 65.9 cm³/mol. The van der Waals surface area contributed by atoms with E-state index in [-0.39, 0.29) is 0 Å². The second kappa shape index (κ2) is 5.97. The molecule has 0 atom stereocenters. The standard InChI is InChI=1S/C14H17N/c1-4-7-12-10-15-11-13(8-5-2)14(12)9-6-3/h4-6,10-11H,1-3,7-9H2. The third-order valence-corrected chi connectivity index (χ3v) is 2.31. The van der Waals surface area contributed by atoms with Crippen LogP contribution in [0.15, 0.2) is 50.4 Å². The highest BCUT2D eigenvalue weighted by atomic mass is 14.6. The van der Waals surface area contributed by atoms with Crippen LogP contribution < -0.4 is 0 Å². The highest BCUT2D eigenvalue weighted by molar-refractivity contribution is 5.35. The van der Waals surface area contributed by atoms with E-state index in [1.165, 1.54) is 16.7 Å². The molecule has 0 saturated carbocycles. The summed E-state index contributed by atoms with van der Waals surface area (Å²) in [7, 11) is 0. The molecule has 0 N–H and O–H groups in total. The Morgan fingerprint density at radius 3 is 1.73 bits per heavy atom. The second-order valence-electron chi connectivity index (χ2n) is 3.41. The van der Waals surface area contributed by atoms with Gasteiger partial charge in [0.2, 0.25) is 0 Å². The molecule has 1 heteroatoms. The van der Waals surface area contributed by atoms with Crippen molar-refractivity contribution < 1.29 is 0 Å². The molecule has 0 aliphatic heterocycles. The number of rotatable bonds is 6. The molecule has 0 amide bonds. The van der Waals surface area contributed by atoms with E-state index < -0.39 is 0 Å². The van der Waals surface area contributed by atoms with Crippen molar-refractivity contribution in [2.75, 3.05) is 0 Å². The predicted octanol–water partition coefficient (Wildman–Crippen LogP) is 3.27. The third kappa shape index (κ3) is 2.91. The Bertz CT molecular complexity index is 335. The second-order valence-corrected chi connectivity index (χ2v) is 3.41. The van der Waals surface area contributed by atoms with E-state index in [4.69, 9.17) is 0 Å². The molecular weight excluding hydrogens is 182 g/mol. The number of allylic oxidation sites excluding steroid dienone is 3. The number of pyridine rings is 1. The van der Waals surface area contributed by atoms with Crippen molar-refractivity contribution in [2.24, 2.45) is 0 Å². The molecule has 0 fully saturated rings. The molecule has 0 aliphatic carbocycles. The lowest BCUT2D eigenvalue weighted by Crippen LogP contribution is -1.99. The number of hydrogen-bond donors (Lipinski definition) is 0. The first-order valence-corrected chi connectivity index (χ1v) is 5.10. The van der Waals surface area contributed by atoms with Gasteiger partial charge < -0.3 is 0 Å². The Kier molecular flexibility index (Phi) is 4.55. The summed E-state index contributed by atoms with van der Waals surface area (Å²) in [5, 5.41) is 0. The summed E-state index contributed by atoms with van der Waals surface area (Å²) in [6, 6.07) is 0. The summed E-state index contributed by atoms with van der Waals surface area (Å²) in [4.78, 5) is 4.23. The van der Waals surface area contributed by atoms with E-state index >= 15 is 0 Å². The smallest absolute Gasteiger partial charge is 0.0306 e. The van der Waals surface area contributed by atoms with E-state index in [9.17, 15) is 0 Å². The van der Waals surface area contributed by atoms with E-state index in [2.05, 4.69) is 24.7 Å². The topological polar surface area (TPSA) is 12.9 Å². The van der Waals surface area contributed by atoms with Gasteiger partial charge in [0.05, 0.1) is 0 Å². The van der Waals surface area contributed by atoms with Crippen LogP contribution in [0.25, 0.3) is 0 Å². The Labute approximate surface area is 91.9 Å². The Hall–Kier alpha value is -1.63. The highest BCUT2D eigenvalue weighted by Crippen LogP contribution is 2.16. The van der Waals surface area contributed by atoms with Crippen LogP contribution in [0.5, 0.6) is 0 Å². The highest BCUT2D eigenvalue weighted by Gasteiger charge is 2.05. The van der Waals surface area contributed by atoms with E-state index in [0.29, 0.717) is 0 Å². The Morgan fingerprint density at radius 2 is 1.33 bits per heavy atom. The summed E-state index contributed by atoms with van der Waals surface area (Å²) in [6.07, 6.45) is 12.2. The van der Waals surface area contributed by atoms with Gasteiger partial charge in [-0.2, -0.15) is 0 Å². The maximum absolute atomic E-state index is 4.23. The van der Waals surface area contributed by atoms with Crippen LogP contribution >= 0.6 is 0 Å². The summed E-state index contributed by atoms with van der Waals surface area (Å²) in [5.41, 5.74) is 3.80. The lowest BCUT2D eigenvalue weighted by atomic mass is 9.97. The summed E-state index contributed by atoms with van der Waals surface area (Å²) >= 11 is 0. The van der Waals surface area contributed by atoms with Gasteiger partial charge in [-0.3, -0.25) is 4.98 Å². The fraction of sp³-hybridized carbons (Fsp3) is 0.214. The van der Waals surface area contributed by atoms with Gasteiger partial charge in [-0.25, -0.2) is 0 Å². The van der Waals surface area contributed by atoms with Gasteiger partial charge in [-0.1, -0.05) is 18.2 Å². The van der Waals surface area contributed by atoms with Gasteiger partial charge in [0.25, 0.3) is 0 Å². The summed E-state index contributed by atoms with van der Waals surface area (Å²) < 4.78 is 0. The quantitative estimate of drug-likeness (QED) is 0.641. The Morgan fingerprint density at radius 1 is 0.867 bits per heavy atom. The van der Waals surface area contributed by atoms with Crippen LogP contribution in [0, 0.1) is 0 Å². The van der Waals surface area contributed by atoms with E-state index in [0.717, 1.165) is 19.3 Å². The van der Waals surface area contributed by atoms with Crippen molar-refractivity contribution in [3.63, 3.8) is 0 Å². The number of hydrogen-bond acceptors (Lipinski definition) is 1. The van der Waals surface area contributed by atoms with Gasteiger partial charge in [0, 0.05) is 12.4 Å². The first-order valence-electron chi connectivity index (χ1n) is 5.10. The molecule has 0 spiro atoms. The van der Waals surface area contributed by atoms with Crippen molar-refractivity contribution in [2.45, 2.75) is 19.3 Å². The molecular formula is C14H17N. The molecule has 1 aromatic rings. The largest absolute Gasteiger partial charge is 0.264 e. The van der Waals surface area contributed by atoms with Crippen molar-refractivity contribution >= 4 is 0 Å². The zero-order valence-corrected chi connectivity index (χ0v) is 9.08. The van der Waals surface area contributed by atoms with Crippen molar-refractivity contribution in [1.29, 1.82) is 0 Å². The summed E-state index contributed by atoms with van der Waals surface area (Å²) in [5.74, 6) is 0. The van der Waals surface area contributed by atoms with Gasteiger partial charge in [-0.15, -0.1) is 19.7 Å². The van der Waals surface area contributed by atoms with Crippen molar-refractivity contribution in [1.82, 2.24) is 4.98 Å².